The van der Waals surface area contributed by atoms with Crippen LogP contribution in [0, 0.1) is 6.92 Å². The summed E-state index contributed by atoms with van der Waals surface area (Å²) in [6.07, 6.45) is 0.662. The zero-order chi connectivity index (χ0) is 21.1. The second kappa shape index (κ2) is 8.64. The van der Waals surface area contributed by atoms with E-state index in [4.69, 9.17) is 21.1 Å². The van der Waals surface area contributed by atoms with Gasteiger partial charge in [-0.15, -0.1) is 0 Å². The molecule has 0 aliphatic rings. The fraction of sp³-hybridized carbons (Fsp3) is 0.160. The number of rotatable bonds is 6. The minimum atomic E-state index is -0.345. The van der Waals surface area contributed by atoms with E-state index in [-0.39, 0.29) is 5.97 Å². The van der Waals surface area contributed by atoms with E-state index in [0.29, 0.717) is 23.6 Å². The summed E-state index contributed by atoms with van der Waals surface area (Å²) in [4.78, 5) is 15.3. The summed E-state index contributed by atoms with van der Waals surface area (Å²) >= 11 is 6.60. The van der Waals surface area contributed by atoms with Crippen LogP contribution in [0.2, 0.25) is 5.02 Å². The number of methoxy groups -OCH3 is 1. The summed E-state index contributed by atoms with van der Waals surface area (Å²) in [5.74, 6) is 0.482. The van der Waals surface area contributed by atoms with Crippen molar-refractivity contribution in [1.29, 1.82) is 0 Å². The van der Waals surface area contributed by atoms with Crippen LogP contribution in [0.3, 0.4) is 0 Å². The maximum Gasteiger partial charge on any atom is 0.337 e. The maximum absolute atomic E-state index is 11.9. The summed E-state index contributed by atoms with van der Waals surface area (Å²) in [7, 11) is 1.39. The number of hydrogen-bond donors (Lipinski definition) is 1. The molecule has 0 radical (unpaired) electrons. The van der Waals surface area contributed by atoms with E-state index in [1.165, 1.54) is 7.11 Å². The SMILES string of the molecule is COC(=O)c1ccc2[nH]c(C)c(Cc3ccc(COc4ccccc4)cc3Cl)c2c1. The zero-order valence-electron chi connectivity index (χ0n) is 16.9. The second-order valence-electron chi connectivity index (χ2n) is 7.18. The van der Waals surface area contributed by atoms with Crippen molar-refractivity contribution in [3.05, 3.63) is 99.7 Å². The minimum Gasteiger partial charge on any atom is -0.489 e. The van der Waals surface area contributed by atoms with Crippen molar-refractivity contribution in [2.75, 3.05) is 7.11 Å². The molecule has 3 aromatic carbocycles. The first-order valence-electron chi connectivity index (χ1n) is 9.70. The van der Waals surface area contributed by atoms with Gasteiger partial charge in [-0.3, -0.25) is 0 Å². The Balaban J connectivity index is 1.57. The smallest absolute Gasteiger partial charge is 0.337 e. The van der Waals surface area contributed by atoms with Gasteiger partial charge in [-0.25, -0.2) is 4.79 Å². The van der Waals surface area contributed by atoms with Gasteiger partial charge in [0, 0.05) is 28.0 Å². The molecule has 0 fully saturated rings. The molecule has 0 aliphatic heterocycles. The normalized spacial score (nSPS) is 10.9. The average molecular weight is 420 g/mol. The van der Waals surface area contributed by atoms with Gasteiger partial charge in [0.05, 0.1) is 12.7 Å². The third-order valence-corrected chi connectivity index (χ3v) is 5.53. The molecule has 1 heterocycles. The Morgan fingerprint density at radius 2 is 1.83 bits per heavy atom. The van der Waals surface area contributed by atoms with E-state index < -0.39 is 0 Å². The lowest BCUT2D eigenvalue weighted by molar-refractivity contribution is 0.0601. The molecule has 4 aromatic rings. The first kappa shape index (κ1) is 20.0. The molecule has 30 heavy (non-hydrogen) atoms. The highest BCUT2D eigenvalue weighted by Gasteiger charge is 2.14. The fourth-order valence-electron chi connectivity index (χ4n) is 3.55. The third-order valence-electron chi connectivity index (χ3n) is 5.17. The highest BCUT2D eigenvalue weighted by atomic mass is 35.5. The predicted molar refractivity (Wildman–Crippen MR) is 119 cm³/mol. The number of ether oxygens (including phenoxy) is 2. The number of aromatic amines is 1. The molecule has 0 aliphatic carbocycles. The first-order chi connectivity index (χ1) is 14.5. The molecule has 0 bridgehead atoms. The van der Waals surface area contributed by atoms with Crippen LogP contribution in [0.15, 0.2) is 66.7 Å². The van der Waals surface area contributed by atoms with Crippen LogP contribution in [0.25, 0.3) is 10.9 Å². The van der Waals surface area contributed by atoms with Crippen LogP contribution in [-0.2, 0) is 17.8 Å². The Morgan fingerprint density at radius 3 is 2.57 bits per heavy atom. The van der Waals surface area contributed by atoms with Crippen molar-refractivity contribution in [2.45, 2.75) is 20.0 Å². The number of carbonyl (C=O) groups is 1. The molecule has 0 atom stereocenters. The predicted octanol–water partition coefficient (Wildman–Crippen LogP) is 6.09. The topological polar surface area (TPSA) is 51.3 Å². The molecule has 0 saturated carbocycles. The number of hydrogen-bond acceptors (Lipinski definition) is 3. The standard InChI is InChI=1S/C25H22ClNO3/c1-16-21(22-14-19(25(28)29-2)10-11-24(22)27-16)13-18-9-8-17(12-23(18)26)15-30-20-6-4-3-5-7-20/h3-12,14,27H,13,15H2,1-2H3. The lowest BCUT2D eigenvalue weighted by Gasteiger charge is -2.10. The maximum atomic E-state index is 11.9. The van der Waals surface area contributed by atoms with Gasteiger partial charge < -0.3 is 14.5 Å². The van der Waals surface area contributed by atoms with E-state index in [0.717, 1.165) is 39.0 Å². The van der Waals surface area contributed by atoms with E-state index in [9.17, 15) is 4.79 Å². The molecule has 4 nitrogen and oxygen atoms in total. The lowest BCUT2D eigenvalue weighted by atomic mass is 10.00. The molecule has 0 amide bonds. The van der Waals surface area contributed by atoms with Crippen molar-refractivity contribution in [1.82, 2.24) is 4.98 Å². The highest BCUT2D eigenvalue weighted by molar-refractivity contribution is 6.31. The van der Waals surface area contributed by atoms with Crippen molar-refractivity contribution >= 4 is 28.5 Å². The Labute approximate surface area is 180 Å². The number of fused-ring (bicyclic) bond motifs is 1. The fourth-order valence-corrected chi connectivity index (χ4v) is 3.82. The van der Waals surface area contributed by atoms with E-state index in [1.807, 2.05) is 67.6 Å². The molecule has 5 heteroatoms. The van der Waals surface area contributed by atoms with Crippen molar-refractivity contribution < 1.29 is 14.3 Å². The van der Waals surface area contributed by atoms with Gasteiger partial charge in [-0.2, -0.15) is 0 Å². The average Bonchev–Trinajstić information content (AvgIpc) is 3.08. The van der Waals surface area contributed by atoms with Gasteiger partial charge in [-0.05, 0) is 60.0 Å². The summed E-state index contributed by atoms with van der Waals surface area (Å²) in [6.45, 7) is 2.49. The molecule has 1 aromatic heterocycles. The summed E-state index contributed by atoms with van der Waals surface area (Å²) in [6, 6.07) is 21.3. The number of aryl methyl sites for hydroxylation is 1. The molecule has 0 spiro atoms. The van der Waals surface area contributed by atoms with Crippen LogP contribution < -0.4 is 4.74 Å². The van der Waals surface area contributed by atoms with Crippen LogP contribution in [-0.4, -0.2) is 18.1 Å². The largest absolute Gasteiger partial charge is 0.489 e. The molecular formula is C25H22ClNO3. The molecule has 0 saturated heterocycles. The zero-order valence-corrected chi connectivity index (χ0v) is 17.6. The number of benzene rings is 3. The highest BCUT2D eigenvalue weighted by Crippen LogP contribution is 2.29. The van der Waals surface area contributed by atoms with Crippen molar-refractivity contribution in [3.63, 3.8) is 0 Å². The van der Waals surface area contributed by atoms with Gasteiger partial charge in [-0.1, -0.05) is 41.9 Å². The number of para-hydroxylation sites is 1. The number of carbonyl (C=O) groups excluding carboxylic acids is 1. The molecule has 152 valence electrons. The van der Waals surface area contributed by atoms with Crippen LogP contribution in [0.4, 0.5) is 0 Å². The Bertz CT molecular complexity index is 1200. The monoisotopic (exact) mass is 419 g/mol. The van der Waals surface area contributed by atoms with E-state index in [2.05, 4.69) is 4.98 Å². The Hall–Kier alpha value is -3.24. The number of nitrogens with one attached hydrogen (secondary N) is 1. The van der Waals surface area contributed by atoms with Crippen molar-refractivity contribution in [2.24, 2.45) is 0 Å². The van der Waals surface area contributed by atoms with Gasteiger partial charge in [0.15, 0.2) is 0 Å². The third kappa shape index (κ3) is 4.19. The summed E-state index contributed by atoms with van der Waals surface area (Å²) in [5, 5.41) is 1.70. The Morgan fingerprint density at radius 1 is 1.03 bits per heavy atom. The van der Waals surface area contributed by atoms with Crippen LogP contribution in [0.1, 0.15) is 32.7 Å². The Kier molecular flexibility index (Phi) is 5.77. The van der Waals surface area contributed by atoms with Crippen LogP contribution in [0.5, 0.6) is 5.75 Å². The van der Waals surface area contributed by atoms with Gasteiger partial charge in [0.25, 0.3) is 0 Å². The number of esters is 1. The number of H-pyrrole nitrogens is 1. The number of halogens is 1. The molecule has 0 unspecified atom stereocenters. The minimum absolute atomic E-state index is 0.345. The molecule has 4 rings (SSSR count). The second-order valence-corrected chi connectivity index (χ2v) is 7.59. The first-order valence-corrected chi connectivity index (χ1v) is 10.1. The van der Waals surface area contributed by atoms with Crippen LogP contribution >= 0.6 is 11.6 Å². The van der Waals surface area contributed by atoms with E-state index in [1.54, 1.807) is 6.07 Å². The quantitative estimate of drug-likeness (QED) is 0.385. The molecule has 1 N–H and O–H groups in total. The van der Waals surface area contributed by atoms with Crippen molar-refractivity contribution in [3.8, 4) is 5.75 Å². The lowest BCUT2D eigenvalue weighted by Crippen LogP contribution is -2.00. The summed E-state index contributed by atoms with van der Waals surface area (Å²) < 4.78 is 10.7. The van der Waals surface area contributed by atoms with Gasteiger partial charge in [0.1, 0.15) is 12.4 Å². The summed E-state index contributed by atoms with van der Waals surface area (Å²) in [5.41, 5.74) is 5.72. The number of aromatic nitrogens is 1. The van der Waals surface area contributed by atoms with E-state index >= 15 is 0 Å². The molecular weight excluding hydrogens is 398 g/mol. The van der Waals surface area contributed by atoms with Gasteiger partial charge >= 0.3 is 5.97 Å². The van der Waals surface area contributed by atoms with Gasteiger partial charge in [0.2, 0.25) is 0 Å².